The molecule has 0 saturated carbocycles. The smallest absolute Gasteiger partial charge is 0.338 e. The molecule has 1 N–H and O–H groups in total. The molecule has 0 saturated heterocycles. The van der Waals surface area contributed by atoms with Crippen molar-refractivity contribution < 1.29 is 22.4 Å². The molecule has 33 heavy (non-hydrogen) atoms. The summed E-state index contributed by atoms with van der Waals surface area (Å²) in [6, 6.07) is 17.0. The first-order chi connectivity index (χ1) is 15.7. The van der Waals surface area contributed by atoms with Crippen molar-refractivity contribution in [2.75, 3.05) is 11.8 Å². The highest BCUT2D eigenvalue weighted by Crippen LogP contribution is 2.28. The summed E-state index contributed by atoms with van der Waals surface area (Å²) >= 11 is 0. The van der Waals surface area contributed by atoms with Crippen molar-refractivity contribution in [1.29, 1.82) is 0 Å². The molecular formula is C25H24N2O5S. The summed E-state index contributed by atoms with van der Waals surface area (Å²) in [5.74, 6) is -0.0854. The molecule has 4 rings (SSSR count). The van der Waals surface area contributed by atoms with Crippen LogP contribution in [0.15, 0.2) is 70.0 Å². The van der Waals surface area contributed by atoms with Gasteiger partial charge >= 0.3 is 5.97 Å². The van der Waals surface area contributed by atoms with E-state index in [1.54, 1.807) is 30.3 Å². The fraction of sp³-hybridized carbons (Fsp3) is 0.200. The van der Waals surface area contributed by atoms with Crippen LogP contribution in [-0.4, -0.2) is 26.5 Å². The Hall–Kier alpha value is -3.65. The molecule has 170 valence electrons. The Kier molecular flexibility index (Phi) is 5.95. The zero-order valence-corrected chi connectivity index (χ0v) is 19.6. The SMILES string of the molecule is COC(=O)c1cc(S(=O)(=O)Nc2ccc(-c3nc4cc(C)ccc4o3)cc2)ccc1C(C)C. The van der Waals surface area contributed by atoms with Crippen LogP contribution in [0.3, 0.4) is 0 Å². The number of benzene rings is 3. The van der Waals surface area contributed by atoms with E-state index in [0.717, 1.165) is 22.2 Å². The maximum Gasteiger partial charge on any atom is 0.338 e. The van der Waals surface area contributed by atoms with Crippen molar-refractivity contribution in [1.82, 2.24) is 4.98 Å². The molecule has 0 fully saturated rings. The van der Waals surface area contributed by atoms with Gasteiger partial charge in [0.05, 0.1) is 17.6 Å². The molecule has 0 radical (unpaired) electrons. The molecule has 8 heteroatoms. The first-order valence-corrected chi connectivity index (χ1v) is 11.9. The Labute approximate surface area is 192 Å². The number of nitrogens with one attached hydrogen (secondary N) is 1. The second-order valence-corrected chi connectivity index (χ2v) is 9.75. The lowest BCUT2D eigenvalue weighted by Crippen LogP contribution is -2.15. The summed E-state index contributed by atoms with van der Waals surface area (Å²) in [5, 5.41) is 0. The highest BCUT2D eigenvalue weighted by molar-refractivity contribution is 7.92. The Bertz CT molecular complexity index is 1440. The molecule has 0 aliphatic heterocycles. The summed E-state index contributed by atoms with van der Waals surface area (Å²) < 4.78 is 39.1. The van der Waals surface area contributed by atoms with Crippen molar-refractivity contribution in [3.8, 4) is 11.5 Å². The molecule has 7 nitrogen and oxygen atoms in total. The fourth-order valence-corrected chi connectivity index (χ4v) is 4.63. The number of hydrogen-bond donors (Lipinski definition) is 1. The van der Waals surface area contributed by atoms with E-state index in [0.29, 0.717) is 17.2 Å². The van der Waals surface area contributed by atoms with E-state index >= 15 is 0 Å². The van der Waals surface area contributed by atoms with Crippen LogP contribution in [-0.2, 0) is 14.8 Å². The van der Waals surface area contributed by atoms with Crippen molar-refractivity contribution in [2.45, 2.75) is 31.6 Å². The molecule has 0 aliphatic rings. The minimum absolute atomic E-state index is 0.0225. The molecular weight excluding hydrogens is 440 g/mol. The van der Waals surface area contributed by atoms with E-state index in [9.17, 15) is 13.2 Å². The first kappa shape index (κ1) is 22.5. The van der Waals surface area contributed by atoms with Gasteiger partial charge < -0.3 is 9.15 Å². The van der Waals surface area contributed by atoms with Gasteiger partial charge in [0, 0.05) is 11.3 Å². The Morgan fingerprint density at radius 2 is 1.76 bits per heavy atom. The molecule has 1 heterocycles. The number of aryl methyl sites for hydroxylation is 1. The average Bonchev–Trinajstić information content (AvgIpc) is 3.21. The zero-order chi connectivity index (χ0) is 23.8. The molecule has 4 aromatic rings. The van der Waals surface area contributed by atoms with E-state index in [2.05, 4.69) is 9.71 Å². The molecule has 1 aromatic heterocycles. The Morgan fingerprint density at radius 1 is 1.03 bits per heavy atom. The van der Waals surface area contributed by atoms with Crippen molar-refractivity contribution in [3.05, 3.63) is 77.4 Å². The third kappa shape index (κ3) is 4.61. The van der Waals surface area contributed by atoms with E-state index in [1.807, 2.05) is 39.0 Å². The van der Waals surface area contributed by atoms with Gasteiger partial charge in [-0.05, 0) is 72.5 Å². The summed E-state index contributed by atoms with van der Waals surface area (Å²) in [7, 11) is -2.65. The average molecular weight is 465 g/mol. The van der Waals surface area contributed by atoms with Crippen LogP contribution in [0.25, 0.3) is 22.6 Å². The predicted octanol–water partition coefficient (Wildman–Crippen LogP) is 5.51. The molecule has 0 bridgehead atoms. The van der Waals surface area contributed by atoms with Gasteiger partial charge in [0.25, 0.3) is 10.0 Å². The maximum atomic E-state index is 13.0. The normalized spacial score (nSPS) is 11.7. The third-order valence-corrected chi connectivity index (χ3v) is 6.67. The lowest BCUT2D eigenvalue weighted by atomic mass is 9.97. The fourth-order valence-electron chi connectivity index (χ4n) is 3.55. The third-order valence-electron chi connectivity index (χ3n) is 5.29. The summed E-state index contributed by atoms with van der Waals surface area (Å²) in [5.41, 5.74) is 4.59. The maximum absolute atomic E-state index is 13.0. The lowest BCUT2D eigenvalue weighted by Gasteiger charge is -2.14. The summed E-state index contributed by atoms with van der Waals surface area (Å²) in [4.78, 5) is 16.7. The molecule has 0 amide bonds. The van der Waals surface area contributed by atoms with E-state index in [1.165, 1.54) is 19.2 Å². The highest BCUT2D eigenvalue weighted by atomic mass is 32.2. The van der Waals surface area contributed by atoms with Crippen LogP contribution < -0.4 is 4.72 Å². The van der Waals surface area contributed by atoms with Crippen LogP contribution in [0, 0.1) is 6.92 Å². The van der Waals surface area contributed by atoms with Gasteiger partial charge in [0.1, 0.15) is 5.52 Å². The number of hydrogen-bond acceptors (Lipinski definition) is 6. The van der Waals surface area contributed by atoms with Gasteiger partial charge in [-0.25, -0.2) is 18.2 Å². The number of esters is 1. The van der Waals surface area contributed by atoms with Gasteiger partial charge in [0.15, 0.2) is 5.58 Å². The van der Waals surface area contributed by atoms with Crippen LogP contribution in [0.5, 0.6) is 0 Å². The van der Waals surface area contributed by atoms with Gasteiger partial charge in [0.2, 0.25) is 5.89 Å². The Balaban J connectivity index is 1.60. The van der Waals surface area contributed by atoms with E-state index < -0.39 is 16.0 Å². The van der Waals surface area contributed by atoms with Gasteiger partial charge in [-0.3, -0.25) is 4.72 Å². The van der Waals surface area contributed by atoms with Crippen LogP contribution in [0.1, 0.15) is 41.3 Å². The standard InChI is InChI=1S/C25H24N2O5S/c1-15(2)20-11-10-19(14-21(20)25(28)31-4)33(29,30)27-18-8-6-17(7-9-18)24-26-22-13-16(3)5-12-23(22)32-24/h5-15,27H,1-4H3. The van der Waals surface area contributed by atoms with Gasteiger partial charge in [-0.1, -0.05) is 26.0 Å². The minimum Gasteiger partial charge on any atom is -0.465 e. The lowest BCUT2D eigenvalue weighted by molar-refractivity contribution is 0.0598. The topological polar surface area (TPSA) is 98.5 Å². The minimum atomic E-state index is -3.92. The highest BCUT2D eigenvalue weighted by Gasteiger charge is 2.21. The number of carbonyl (C=O) groups excluding carboxylic acids is 1. The van der Waals surface area contributed by atoms with Gasteiger partial charge in [-0.15, -0.1) is 0 Å². The molecule has 0 spiro atoms. The number of fused-ring (bicyclic) bond motifs is 1. The van der Waals surface area contributed by atoms with Crippen molar-refractivity contribution in [3.63, 3.8) is 0 Å². The number of anilines is 1. The quantitative estimate of drug-likeness (QED) is 0.378. The molecule has 0 atom stereocenters. The largest absolute Gasteiger partial charge is 0.465 e. The monoisotopic (exact) mass is 464 g/mol. The second-order valence-electron chi connectivity index (χ2n) is 8.07. The number of methoxy groups -OCH3 is 1. The first-order valence-electron chi connectivity index (χ1n) is 10.4. The molecule has 0 unspecified atom stereocenters. The number of oxazole rings is 1. The molecule has 3 aromatic carbocycles. The van der Waals surface area contributed by atoms with E-state index in [-0.39, 0.29) is 16.4 Å². The second kappa shape index (κ2) is 8.71. The number of rotatable bonds is 6. The number of sulfonamides is 1. The zero-order valence-electron chi connectivity index (χ0n) is 18.7. The number of ether oxygens (including phenoxy) is 1. The summed E-state index contributed by atoms with van der Waals surface area (Å²) in [6.07, 6.45) is 0. The number of carbonyl (C=O) groups is 1. The van der Waals surface area contributed by atoms with Crippen molar-refractivity contribution >= 4 is 32.8 Å². The number of aromatic nitrogens is 1. The van der Waals surface area contributed by atoms with Crippen molar-refractivity contribution in [2.24, 2.45) is 0 Å². The number of nitrogens with zero attached hydrogens (tertiary/aromatic N) is 1. The summed E-state index contributed by atoms with van der Waals surface area (Å²) in [6.45, 7) is 5.83. The van der Waals surface area contributed by atoms with E-state index in [4.69, 9.17) is 9.15 Å². The van der Waals surface area contributed by atoms with Gasteiger partial charge in [-0.2, -0.15) is 0 Å². The van der Waals surface area contributed by atoms with Crippen LogP contribution in [0.2, 0.25) is 0 Å². The van der Waals surface area contributed by atoms with Crippen LogP contribution >= 0.6 is 0 Å². The van der Waals surface area contributed by atoms with Crippen LogP contribution in [0.4, 0.5) is 5.69 Å². The Morgan fingerprint density at radius 3 is 2.42 bits per heavy atom. The molecule has 0 aliphatic carbocycles. The predicted molar refractivity (Wildman–Crippen MR) is 127 cm³/mol.